The van der Waals surface area contributed by atoms with E-state index < -0.39 is 0 Å². The summed E-state index contributed by atoms with van der Waals surface area (Å²) in [5, 5.41) is 10.4. The van der Waals surface area contributed by atoms with Gasteiger partial charge in [0.25, 0.3) is 5.91 Å². The molecule has 2 heterocycles. The van der Waals surface area contributed by atoms with E-state index >= 15 is 0 Å². The smallest absolute Gasteiger partial charge is 0.257 e. The molecule has 7 heteroatoms. The van der Waals surface area contributed by atoms with Gasteiger partial charge in [0.05, 0.1) is 12.2 Å². The van der Waals surface area contributed by atoms with Crippen molar-refractivity contribution in [2.75, 3.05) is 26.8 Å². The number of piperidine rings is 1. The molecule has 1 aliphatic rings. The Bertz CT molecular complexity index is 747. The minimum Gasteiger partial charge on any atom is -0.507 e. The van der Waals surface area contributed by atoms with Gasteiger partial charge >= 0.3 is 0 Å². The lowest BCUT2D eigenvalue weighted by Gasteiger charge is -2.33. The van der Waals surface area contributed by atoms with Gasteiger partial charge in [0.1, 0.15) is 11.6 Å². The summed E-state index contributed by atoms with van der Waals surface area (Å²) in [5.74, 6) is 0.906. The van der Waals surface area contributed by atoms with Gasteiger partial charge in [-0.3, -0.25) is 4.79 Å². The summed E-state index contributed by atoms with van der Waals surface area (Å²) in [4.78, 5) is 19.1. The number of benzene rings is 1. The summed E-state index contributed by atoms with van der Waals surface area (Å²) in [6.07, 6.45) is 5.62. The number of amides is 1. The quantitative estimate of drug-likeness (QED) is 0.886. The normalized spacial score (nSPS) is 17.7. The van der Waals surface area contributed by atoms with E-state index in [1.165, 1.54) is 6.07 Å². The second-order valence-electron chi connectivity index (χ2n) is 6.22. The maximum absolute atomic E-state index is 12.8. The highest BCUT2D eigenvalue weighted by atomic mass is 35.5. The SMILES string of the molecule is COCCn1ccnc1C1CCCN(C(=O)c2ccc(Cl)cc2O)C1. The van der Waals surface area contributed by atoms with E-state index in [9.17, 15) is 9.90 Å². The molecule has 0 radical (unpaired) electrons. The summed E-state index contributed by atoms with van der Waals surface area (Å²) in [7, 11) is 1.68. The minimum absolute atomic E-state index is 0.0822. The van der Waals surface area contributed by atoms with E-state index in [-0.39, 0.29) is 23.1 Å². The number of nitrogens with zero attached hydrogens (tertiary/aromatic N) is 3. The van der Waals surface area contributed by atoms with Crippen molar-refractivity contribution >= 4 is 17.5 Å². The molecule has 1 N–H and O–H groups in total. The van der Waals surface area contributed by atoms with Crippen molar-refractivity contribution in [3.8, 4) is 5.75 Å². The zero-order chi connectivity index (χ0) is 17.8. The molecule has 0 aliphatic carbocycles. The Balaban J connectivity index is 1.75. The number of imidazole rings is 1. The topological polar surface area (TPSA) is 67.6 Å². The summed E-state index contributed by atoms with van der Waals surface area (Å²) in [6.45, 7) is 2.63. The van der Waals surface area contributed by atoms with Crippen LogP contribution in [-0.4, -0.2) is 52.3 Å². The molecule has 0 saturated carbocycles. The van der Waals surface area contributed by atoms with Crippen molar-refractivity contribution in [2.24, 2.45) is 0 Å². The molecule has 1 aromatic carbocycles. The van der Waals surface area contributed by atoms with E-state index in [4.69, 9.17) is 16.3 Å². The highest BCUT2D eigenvalue weighted by Gasteiger charge is 2.29. The van der Waals surface area contributed by atoms with Crippen molar-refractivity contribution in [1.29, 1.82) is 0 Å². The van der Waals surface area contributed by atoms with E-state index in [1.54, 1.807) is 30.3 Å². The molecule has 1 amide bonds. The molecule has 6 nitrogen and oxygen atoms in total. The van der Waals surface area contributed by atoms with Gasteiger partial charge in [0, 0.05) is 50.1 Å². The van der Waals surface area contributed by atoms with Gasteiger partial charge < -0.3 is 19.3 Å². The van der Waals surface area contributed by atoms with Crippen LogP contribution in [0.1, 0.15) is 34.9 Å². The highest BCUT2D eigenvalue weighted by molar-refractivity contribution is 6.30. The second-order valence-corrected chi connectivity index (χ2v) is 6.66. The Labute approximate surface area is 152 Å². The molecular formula is C18H22ClN3O3. The number of methoxy groups -OCH3 is 1. The number of phenolic OH excluding ortho intramolecular Hbond substituents is 1. The average molecular weight is 364 g/mol. The van der Waals surface area contributed by atoms with Gasteiger partial charge in [0.15, 0.2) is 0 Å². The van der Waals surface area contributed by atoms with Gasteiger partial charge in [0.2, 0.25) is 0 Å². The number of aromatic hydroxyl groups is 1. The Morgan fingerprint density at radius 3 is 3.08 bits per heavy atom. The molecule has 1 atom stereocenters. The molecule has 3 rings (SSSR count). The van der Waals surface area contributed by atoms with Crippen LogP contribution in [0.15, 0.2) is 30.6 Å². The van der Waals surface area contributed by atoms with Crippen molar-refractivity contribution in [2.45, 2.75) is 25.3 Å². The third-order valence-corrected chi connectivity index (χ3v) is 4.78. The summed E-state index contributed by atoms with van der Waals surface area (Å²) in [5.41, 5.74) is 0.285. The number of carbonyl (C=O) groups excluding carboxylic acids is 1. The van der Waals surface area contributed by atoms with Crippen LogP contribution in [0.4, 0.5) is 0 Å². The van der Waals surface area contributed by atoms with Crippen molar-refractivity contribution < 1.29 is 14.6 Å². The van der Waals surface area contributed by atoms with Gasteiger partial charge in [-0.1, -0.05) is 11.6 Å². The Hall–Kier alpha value is -2.05. The van der Waals surface area contributed by atoms with Crippen molar-refractivity contribution in [1.82, 2.24) is 14.5 Å². The van der Waals surface area contributed by atoms with E-state index in [0.717, 1.165) is 25.2 Å². The molecule has 1 unspecified atom stereocenters. The standard InChI is InChI=1S/C18H22ClN3O3/c1-25-10-9-21-8-6-20-17(21)13-3-2-7-22(12-13)18(24)15-5-4-14(19)11-16(15)23/h4-6,8,11,13,23H,2-3,7,9-10,12H2,1H3. The largest absolute Gasteiger partial charge is 0.507 e. The van der Waals surface area contributed by atoms with Gasteiger partial charge in [-0.05, 0) is 31.0 Å². The molecule has 25 heavy (non-hydrogen) atoms. The van der Waals surface area contributed by atoms with Gasteiger partial charge in [-0.2, -0.15) is 0 Å². The zero-order valence-corrected chi connectivity index (χ0v) is 14.9. The van der Waals surface area contributed by atoms with E-state index in [2.05, 4.69) is 9.55 Å². The number of aromatic nitrogens is 2. The van der Waals surface area contributed by atoms with Crippen LogP contribution in [-0.2, 0) is 11.3 Å². The molecule has 1 aliphatic heterocycles. The third kappa shape index (κ3) is 3.96. The lowest BCUT2D eigenvalue weighted by atomic mass is 9.96. The molecule has 1 aromatic heterocycles. The lowest BCUT2D eigenvalue weighted by Crippen LogP contribution is -2.39. The fraction of sp³-hybridized carbons (Fsp3) is 0.444. The third-order valence-electron chi connectivity index (χ3n) is 4.55. The van der Waals surface area contributed by atoms with Crippen LogP contribution in [0.25, 0.3) is 0 Å². The Morgan fingerprint density at radius 1 is 1.48 bits per heavy atom. The average Bonchev–Trinajstić information content (AvgIpc) is 3.08. The van der Waals surface area contributed by atoms with Crippen molar-refractivity contribution in [3.63, 3.8) is 0 Å². The van der Waals surface area contributed by atoms with Crippen LogP contribution >= 0.6 is 11.6 Å². The number of hydrogen-bond acceptors (Lipinski definition) is 4. The number of carbonyl (C=O) groups is 1. The molecular weight excluding hydrogens is 342 g/mol. The first kappa shape index (κ1) is 17.8. The van der Waals surface area contributed by atoms with Crippen LogP contribution in [0.5, 0.6) is 5.75 Å². The predicted molar refractivity (Wildman–Crippen MR) is 95.1 cm³/mol. The number of rotatable bonds is 5. The number of phenols is 1. The molecule has 2 aromatic rings. The molecule has 1 fully saturated rings. The fourth-order valence-corrected chi connectivity index (χ4v) is 3.45. The first-order valence-corrected chi connectivity index (χ1v) is 8.75. The van der Waals surface area contributed by atoms with Crippen molar-refractivity contribution in [3.05, 3.63) is 47.0 Å². The highest BCUT2D eigenvalue weighted by Crippen LogP contribution is 2.29. The minimum atomic E-state index is -0.172. The molecule has 1 saturated heterocycles. The van der Waals surface area contributed by atoms with Crippen LogP contribution in [0, 0.1) is 0 Å². The van der Waals surface area contributed by atoms with Crippen LogP contribution < -0.4 is 0 Å². The van der Waals surface area contributed by atoms with Gasteiger partial charge in [-0.15, -0.1) is 0 Å². The number of likely N-dealkylation sites (tertiary alicyclic amines) is 1. The predicted octanol–water partition coefficient (Wildman–Crippen LogP) is 2.91. The maximum atomic E-state index is 12.8. The summed E-state index contributed by atoms with van der Waals surface area (Å²) < 4.78 is 7.23. The van der Waals surface area contributed by atoms with Crippen LogP contribution in [0.3, 0.4) is 0 Å². The summed E-state index contributed by atoms with van der Waals surface area (Å²) in [6, 6.07) is 4.59. The fourth-order valence-electron chi connectivity index (χ4n) is 3.29. The summed E-state index contributed by atoms with van der Waals surface area (Å²) >= 11 is 5.85. The Kier molecular flexibility index (Phi) is 5.60. The number of hydrogen-bond donors (Lipinski definition) is 1. The van der Waals surface area contributed by atoms with E-state index in [0.29, 0.717) is 24.7 Å². The molecule has 0 spiro atoms. The van der Waals surface area contributed by atoms with Gasteiger partial charge in [-0.25, -0.2) is 4.98 Å². The maximum Gasteiger partial charge on any atom is 0.257 e. The number of halogens is 1. The first-order chi connectivity index (χ1) is 12.1. The second kappa shape index (κ2) is 7.89. The Morgan fingerprint density at radius 2 is 2.32 bits per heavy atom. The monoisotopic (exact) mass is 363 g/mol. The number of ether oxygens (including phenoxy) is 1. The molecule has 134 valence electrons. The lowest BCUT2D eigenvalue weighted by molar-refractivity contribution is 0.0699. The van der Waals surface area contributed by atoms with Crippen LogP contribution in [0.2, 0.25) is 5.02 Å². The zero-order valence-electron chi connectivity index (χ0n) is 14.2. The first-order valence-electron chi connectivity index (χ1n) is 8.38. The molecule has 0 bridgehead atoms. The van der Waals surface area contributed by atoms with E-state index in [1.807, 2.05) is 6.20 Å².